The van der Waals surface area contributed by atoms with Crippen molar-refractivity contribution in [2.24, 2.45) is 0 Å². The van der Waals surface area contributed by atoms with Crippen molar-refractivity contribution < 1.29 is 13.5 Å². The van der Waals surface area contributed by atoms with Crippen molar-refractivity contribution in [3.63, 3.8) is 0 Å². The van der Waals surface area contributed by atoms with E-state index in [-0.39, 0.29) is 10.6 Å². The Kier molecular flexibility index (Phi) is 3.71. The van der Waals surface area contributed by atoms with Crippen LogP contribution in [0, 0.1) is 11.6 Å². The van der Waals surface area contributed by atoms with Gasteiger partial charge in [0.1, 0.15) is 0 Å². The van der Waals surface area contributed by atoms with Gasteiger partial charge in [-0.2, -0.15) is 0 Å². The highest BCUT2D eigenvalue weighted by molar-refractivity contribution is 9.09. The lowest BCUT2D eigenvalue weighted by molar-refractivity contribution is 0.359. The van der Waals surface area contributed by atoms with E-state index in [1.165, 1.54) is 19.2 Å². The summed E-state index contributed by atoms with van der Waals surface area (Å²) in [6, 6.07) is 2.48. The highest BCUT2D eigenvalue weighted by Gasteiger charge is 2.18. The first-order valence-corrected chi connectivity index (χ1v) is 6.28. The van der Waals surface area contributed by atoms with Gasteiger partial charge in [-0.3, -0.25) is 0 Å². The zero-order valence-corrected chi connectivity index (χ0v) is 11.4. The summed E-state index contributed by atoms with van der Waals surface area (Å²) < 4.78 is 31.8. The van der Waals surface area contributed by atoms with Crippen LogP contribution in [0.3, 0.4) is 0 Å². The van der Waals surface area contributed by atoms with Gasteiger partial charge in [0.05, 0.1) is 11.9 Å². The number of halogens is 3. The number of nitrogens with one attached hydrogen (secondary N) is 1. The zero-order valence-electron chi connectivity index (χ0n) is 9.77. The van der Waals surface area contributed by atoms with Crippen molar-refractivity contribution in [2.75, 3.05) is 7.11 Å². The van der Waals surface area contributed by atoms with Crippen LogP contribution in [0.1, 0.15) is 12.0 Å². The minimum Gasteiger partial charge on any atom is -0.491 e. The van der Waals surface area contributed by atoms with Crippen LogP contribution in [0.25, 0.3) is 5.70 Å². The summed E-state index contributed by atoms with van der Waals surface area (Å²) in [6.07, 6.45) is 2.59. The Labute approximate surface area is 112 Å². The summed E-state index contributed by atoms with van der Waals surface area (Å²) in [7, 11) is 1.23. The fourth-order valence-corrected chi connectivity index (χ4v) is 2.07. The Morgan fingerprint density at radius 3 is 2.50 bits per heavy atom. The molecule has 5 heteroatoms. The van der Waals surface area contributed by atoms with Crippen LogP contribution in [0.4, 0.5) is 8.78 Å². The van der Waals surface area contributed by atoms with E-state index in [0.717, 1.165) is 12.1 Å². The van der Waals surface area contributed by atoms with Crippen molar-refractivity contribution >= 4 is 21.6 Å². The fraction of sp³-hybridized carbons (Fsp3) is 0.231. The molecule has 1 N–H and O–H groups in total. The summed E-state index contributed by atoms with van der Waals surface area (Å²) >= 11 is 3.43. The minimum atomic E-state index is -0.721. The number of allylic oxidation sites excluding steroid dienone is 2. The third-order valence-electron chi connectivity index (χ3n) is 2.72. The molecule has 0 amide bonds. The number of benzene rings is 1. The first-order chi connectivity index (χ1) is 8.52. The van der Waals surface area contributed by atoms with Crippen molar-refractivity contribution in [3.8, 4) is 5.75 Å². The molecule has 0 saturated heterocycles. The largest absolute Gasteiger partial charge is 0.491 e. The van der Waals surface area contributed by atoms with Crippen LogP contribution in [-0.2, 0) is 0 Å². The van der Waals surface area contributed by atoms with Crippen LogP contribution in [0.5, 0.6) is 5.75 Å². The normalized spacial score (nSPS) is 19.2. The van der Waals surface area contributed by atoms with Gasteiger partial charge < -0.3 is 10.1 Å². The summed E-state index contributed by atoms with van der Waals surface area (Å²) in [5.74, 6) is -1.81. The number of alkyl halides is 1. The number of rotatable bonds is 2. The molecule has 1 unspecified atom stereocenters. The monoisotopic (exact) mass is 315 g/mol. The van der Waals surface area contributed by atoms with Crippen LogP contribution < -0.4 is 10.1 Å². The summed E-state index contributed by atoms with van der Waals surface area (Å²) in [6.45, 7) is 3.84. The third-order valence-corrected chi connectivity index (χ3v) is 3.64. The van der Waals surface area contributed by atoms with Gasteiger partial charge in [0, 0.05) is 17.0 Å². The van der Waals surface area contributed by atoms with E-state index in [2.05, 4.69) is 32.6 Å². The molecule has 1 aromatic carbocycles. The number of hydrogen-bond acceptors (Lipinski definition) is 2. The third kappa shape index (κ3) is 2.41. The van der Waals surface area contributed by atoms with E-state index in [9.17, 15) is 8.78 Å². The number of ether oxygens (including phenoxy) is 1. The maximum Gasteiger partial charge on any atom is 0.190 e. The molecule has 1 atom stereocenters. The first-order valence-electron chi connectivity index (χ1n) is 5.36. The Hall–Kier alpha value is -1.36. The highest BCUT2D eigenvalue weighted by Crippen LogP contribution is 2.29. The Morgan fingerprint density at radius 2 is 2.00 bits per heavy atom. The van der Waals surface area contributed by atoms with Crippen LogP contribution >= 0.6 is 15.9 Å². The lowest BCUT2D eigenvalue weighted by Crippen LogP contribution is -2.22. The second-order valence-electron chi connectivity index (χ2n) is 3.94. The molecule has 0 aliphatic carbocycles. The predicted octanol–water partition coefficient (Wildman–Crippen LogP) is 3.58. The molecule has 1 heterocycles. The van der Waals surface area contributed by atoms with Crippen LogP contribution in [0.2, 0.25) is 0 Å². The van der Waals surface area contributed by atoms with Crippen LogP contribution in [-0.4, -0.2) is 11.9 Å². The molecular formula is C13H12BrF2NO. The summed E-state index contributed by atoms with van der Waals surface area (Å²) in [5, 5.41) is 3.02. The smallest absolute Gasteiger partial charge is 0.190 e. The highest BCUT2D eigenvalue weighted by atomic mass is 79.9. The van der Waals surface area contributed by atoms with Gasteiger partial charge in [-0.05, 0) is 18.6 Å². The van der Waals surface area contributed by atoms with E-state index >= 15 is 0 Å². The number of hydrogen-bond donors (Lipinski definition) is 1. The van der Waals surface area contributed by atoms with Crippen molar-refractivity contribution in [1.82, 2.24) is 5.32 Å². The van der Waals surface area contributed by atoms with Crippen molar-refractivity contribution in [1.29, 1.82) is 0 Å². The average molecular weight is 316 g/mol. The first kappa shape index (κ1) is 13.1. The van der Waals surface area contributed by atoms with Crippen LogP contribution in [0.15, 0.2) is 30.5 Å². The molecule has 1 aromatic rings. The van der Waals surface area contributed by atoms with E-state index in [0.29, 0.717) is 11.3 Å². The SMILES string of the molecule is C=C1NC(c2cc(F)c(OC)c(F)c2)=CCC1Br. The Bertz CT molecular complexity index is 505. The molecule has 0 radical (unpaired) electrons. The van der Waals surface area contributed by atoms with Gasteiger partial charge in [0.15, 0.2) is 17.4 Å². The maximum absolute atomic E-state index is 13.6. The quantitative estimate of drug-likeness (QED) is 0.842. The fourth-order valence-electron chi connectivity index (χ4n) is 1.77. The Morgan fingerprint density at radius 1 is 1.39 bits per heavy atom. The average Bonchev–Trinajstić information content (AvgIpc) is 2.32. The summed E-state index contributed by atoms with van der Waals surface area (Å²) in [5.41, 5.74) is 1.85. The van der Waals surface area contributed by atoms with E-state index < -0.39 is 11.6 Å². The van der Waals surface area contributed by atoms with E-state index in [4.69, 9.17) is 0 Å². The second kappa shape index (κ2) is 5.10. The molecule has 96 valence electrons. The maximum atomic E-state index is 13.6. The molecule has 0 aromatic heterocycles. The molecule has 0 bridgehead atoms. The second-order valence-corrected chi connectivity index (χ2v) is 5.05. The van der Waals surface area contributed by atoms with E-state index in [1.54, 1.807) is 0 Å². The lowest BCUT2D eigenvalue weighted by Gasteiger charge is -2.22. The number of methoxy groups -OCH3 is 1. The predicted molar refractivity (Wildman–Crippen MR) is 70.5 cm³/mol. The molecular weight excluding hydrogens is 304 g/mol. The molecule has 0 spiro atoms. The molecule has 2 nitrogen and oxygen atoms in total. The topological polar surface area (TPSA) is 21.3 Å². The van der Waals surface area contributed by atoms with Gasteiger partial charge in [0.25, 0.3) is 0 Å². The van der Waals surface area contributed by atoms with Gasteiger partial charge in [0.2, 0.25) is 0 Å². The molecule has 0 saturated carbocycles. The Balaban J connectivity index is 2.38. The lowest BCUT2D eigenvalue weighted by atomic mass is 10.0. The van der Waals surface area contributed by atoms with Gasteiger partial charge in [-0.1, -0.05) is 28.6 Å². The van der Waals surface area contributed by atoms with E-state index in [1.807, 2.05) is 6.08 Å². The molecule has 1 aliphatic rings. The summed E-state index contributed by atoms with van der Waals surface area (Å²) in [4.78, 5) is 0.134. The van der Waals surface area contributed by atoms with Crippen molar-refractivity contribution in [3.05, 3.63) is 47.7 Å². The molecule has 18 heavy (non-hydrogen) atoms. The van der Waals surface area contributed by atoms with Gasteiger partial charge in [-0.25, -0.2) is 8.78 Å². The zero-order chi connectivity index (χ0) is 13.3. The van der Waals surface area contributed by atoms with Gasteiger partial charge in [-0.15, -0.1) is 0 Å². The standard InChI is InChI=1S/C13H12BrF2NO/c1-7-9(14)3-4-12(17-7)8-5-10(15)13(18-2)11(16)6-8/h4-6,9,17H,1,3H2,2H3. The van der Waals surface area contributed by atoms with Crippen molar-refractivity contribution in [2.45, 2.75) is 11.2 Å². The molecule has 1 aliphatic heterocycles. The molecule has 0 fully saturated rings. The van der Waals surface area contributed by atoms with Gasteiger partial charge >= 0.3 is 0 Å². The minimum absolute atomic E-state index is 0.134. The molecule has 2 rings (SSSR count).